The van der Waals surface area contributed by atoms with Crippen molar-refractivity contribution in [2.45, 2.75) is 32.1 Å². The molecule has 1 fully saturated rings. The van der Waals surface area contributed by atoms with Crippen molar-refractivity contribution in [1.29, 1.82) is 0 Å². The smallest absolute Gasteiger partial charge is 0.225 e. The van der Waals surface area contributed by atoms with Gasteiger partial charge in [0.15, 0.2) is 0 Å². The Morgan fingerprint density at radius 3 is 2.88 bits per heavy atom. The summed E-state index contributed by atoms with van der Waals surface area (Å²) in [5, 5.41) is 0. The van der Waals surface area contributed by atoms with Crippen molar-refractivity contribution in [3.63, 3.8) is 0 Å². The molecule has 4 heteroatoms. The second-order valence-corrected chi connectivity index (χ2v) is 5.16. The van der Waals surface area contributed by atoms with E-state index in [4.69, 9.17) is 10.7 Å². The van der Waals surface area contributed by atoms with Gasteiger partial charge in [-0.2, -0.15) is 0 Å². The van der Waals surface area contributed by atoms with Gasteiger partial charge in [0, 0.05) is 25.0 Å². The van der Waals surface area contributed by atoms with Crippen molar-refractivity contribution < 1.29 is 0 Å². The average Bonchev–Trinajstić information content (AvgIpc) is 2.86. The maximum atomic E-state index is 5.71. The van der Waals surface area contributed by atoms with Crippen LogP contribution < -0.4 is 10.6 Å². The Morgan fingerprint density at radius 2 is 2.12 bits per heavy atom. The third-order valence-corrected chi connectivity index (χ3v) is 4.03. The van der Waals surface area contributed by atoms with Crippen molar-refractivity contribution in [1.82, 2.24) is 9.97 Å². The summed E-state index contributed by atoms with van der Waals surface area (Å²) in [6, 6.07) is 0. The van der Waals surface area contributed by atoms with Crippen LogP contribution in [-0.4, -0.2) is 29.6 Å². The molecule has 1 aromatic heterocycles. The van der Waals surface area contributed by atoms with Crippen molar-refractivity contribution in [3.05, 3.63) is 17.5 Å². The van der Waals surface area contributed by atoms with Crippen molar-refractivity contribution >= 4 is 5.95 Å². The molecule has 1 aliphatic carbocycles. The van der Waals surface area contributed by atoms with Gasteiger partial charge in [0.05, 0.1) is 0 Å². The van der Waals surface area contributed by atoms with Gasteiger partial charge < -0.3 is 10.6 Å². The van der Waals surface area contributed by atoms with E-state index >= 15 is 0 Å². The molecule has 0 amide bonds. The molecule has 2 heterocycles. The van der Waals surface area contributed by atoms with E-state index in [2.05, 4.69) is 9.88 Å². The molecule has 0 unspecified atom stereocenters. The Morgan fingerprint density at radius 1 is 1.29 bits per heavy atom. The minimum atomic E-state index is 0.695. The Balaban J connectivity index is 1.72. The highest BCUT2D eigenvalue weighted by atomic mass is 15.3. The fourth-order valence-electron chi connectivity index (χ4n) is 2.82. The van der Waals surface area contributed by atoms with Gasteiger partial charge in [0.25, 0.3) is 0 Å². The van der Waals surface area contributed by atoms with Gasteiger partial charge in [0.2, 0.25) is 5.95 Å². The van der Waals surface area contributed by atoms with Crippen molar-refractivity contribution in [2.24, 2.45) is 11.7 Å². The van der Waals surface area contributed by atoms with Crippen molar-refractivity contribution in [3.8, 4) is 0 Å². The van der Waals surface area contributed by atoms with Gasteiger partial charge in [-0.25, -0.2) is 9.97 Å². The summed E-state index contributed by atoms with van der Waals surface area (Å²) in [5.74, 6) is 1.63. The number of hydrogen-bond acceptors (Lipinski definition) is 4. The zero-order valence-electron chi connectivity index (χ0n) is 10.2. The van der Waals surface area contributed by atoms with E-state index in [9.17, 15) is 0 Å². The number of nitrogens with two attached hydrogens (primary N) is 1. The predicted octanol–water partition coefficient (Wildman–Crippen LogP) is 1.14. The minimum absolute atomic E-state index is 0.695. The van der Waals surface area contributed by atoms with E-state index in [1.807, 2.05) is 6.20 Å². The Labute approximate surface area is 102 Å². The maximum absolute atomic E-state index is 5.71. The first-order valence-corrected chi connectivity index (χ1v) is 6.66. The molecule has 2 N–H and O–H groups in total. The summed E-state index contributed by atoms with van der Waals surface area (Å²) in [7, 11) is 0. The molecule has 0 atom stereocenters. The van der Waals surface area contributed by atoms with Gasteiger partial charge in [-0.15, -0.1) is 0 Å². The maximum Gasteiger partial charge on any atom is 0.225 e. The summed E-state index contributed by atoms with van der Waals surface area (Å²) in [6.45, 7) is 2.93. The Hall–Kier alpha value is -1.16. The van der Waals surface area contributed by atoms with Crippen LogP contribution in [-0.2, 0) is 12.8 Å². The molecule has 0 radical (unpaired) electrons. The lowest BCUT2D eigenvalue weighted by Gasteiger charge is -2.31. The molecule has 0 bridgehead atoms. The fraction of sp³-hybridized carbons (Fsp3) is 0.692. The minimum Gasteiger partial charge on any atom is -0.341 e. The summed E-state index contributed by atoms with van der Waals surface area (Å²) in [6.07, 6.45) is 7.91. The summed E-state index contributed by atoms with van der Waals surface area (Å²) in [5.41, 5.74) is 8.34. The molecule has 92 valence electrons. The summed E-state index contributed by atoms with van der Waals surface area (Å²) in [4.78, 5) is 11.5. The van der Waals surface area contributed by atoms with E-state index in [-0.39, 0.29) is 0 Å². The molecule has 1 saturated heterocycles. The van der Waals surface area contributed by atoms with Crippen molar-refractivity contribution in [2.75, 3.05) is 24.5 Å². The Bertz CT molecular complexity index is 396. The van der Waals surface area contributed by atoms with Crippen LogP contribution in [0.4, 0.5) is 5.95 Å². The number of piperidine rings is 1. The first-order valence-electron chi connectivity index (χ1n) is 6.66. The first kappa shape index (κ1) is 11.0. The van der Waals surface area contributed by atoms with Crippen LogP contribution in [0.3, 0.4) is 0 Å². The molecular weight excluding hydrogens is 212 g/mol. The number of nitrogens with zero attached hydrogens (tertiary/aromatic N) is 3. The second-order valence-electron chi connectivity index (χ2n) is 5.16. The van der Waals surface area contributed by atoms with Gasteiger partial charge in [-0.05, 0) is 50.1 Å². The second kappa shape index (κ2) is 4.61. The third kappa shape index (κ3) is 2.14. The zero-order chi connectivity index (χ0) is 11.7. The molecule has 4 nitrogen and oxygen atoms in total. The quantitative estimate of drug-likeness (QED) is 0.831. The standard InChI is InChI=1S/C13H20N4/c14-8-10-4-6-17(7-5-10)13-15-9-11-2-1-3-12(11)16-13/h9-10H,1-8,14H2. The number of hydrogen-bond donors (Lipinski definition) is 1. The van der Waals surface area contributed by atoms with E-state index in [0.717, 1.165) is 38.4 Å². The normalized spacial score (nSPS) is 20.6. The molecule has 0 aromatic carbocycles. The topological polar surface area (TPSA) is 55.0 Å². The SMILES string of the molecule is NCC1CCN(c2ncc3c(n2)CCC3)CC1. The number of aromatic nitrogens is 2. The molecule has 17 heavy (non-hydrogen) atoms. The van der Waals surface area contributed by atoms with E-state index < -0.39 is 0 Å². The van der Waals surface area contributed by atoms with Crippen LogP contribution >= 0.6 is 0 Å². The number of aryl methyl sites for hydroxylation is 2. The number of rotatable bonds is 2. The molecule has 0 spiro atoms. The molecule has 0 saturated carbocycles. The van der Waals surface area contributed by atoms with Crippen LogP contribution in [0, 0.1) is 5.92 Å². The molecular formula is C13H20N4. The van der Waals surface area contributed by atoms with Gasteiger partial charge in [-0.3, -0.25) is 0 Å². The highest BCUT2D eigenvalue weighted by Crippen LogP contribution is 2.24. The fourth-order valence-corrected chi connectivity index (χ4v) is 2.82. The molecule has 1 aromatic rings. The Kier molecular flexibility index (Phi) is 2.97. The molecule has 2 aliphatic rings. The lowest BCUT2D eigenvalue weighted by Crippen LogP contribution is -2.37. The highest BCUT2D eigenvalue weighted by Gasteiger charge is 2.21. The van der Waals surface area contributed by atoms with Gasteiger partial charge in [-0.1, -0.05) is 0 Å². The molecule has 3 rings (SSSR count). The van der Waals surface area contributed by atoms with Crippen LogP contribution in [0.1, 0.15) is 30.5 Å². The van der Waals surface area contributed by atoms with Gasteiger partial charge >= 0.3 is 0 Å². The average molecular weight is 232 g/mol. The first-order chi connectivity index (χ1) is 8.36. The van der Waals surface area contributed by atoms with Crippen LogP contribution in [0.25, 0.3) is 0 Å². The van der Waals surface area contributed by atoms with E-state index in [1.54, 1.807) is 0 Å². The monoisotopic (exact) mass is 232 g/mol. The third-order valence-electron chi connectivity index (χ3n) is 4.03. The number of anilines is 1. The van der Waals surface area contributed by atoms with Crippen LogP contribution in [0.2, 0.25) is 0 Å². The lowest BCUT2D eigenvalue weighted by atomic mass is 9.97. The van der Waals surface area contributed by atoms with Crippen LogP contribution in [0.5, 0.6) is 0 Å². The number of fused-ring (bicyclic) bond motifs is 1. The molecule has 1 aliphatic heterocycles. The van der Waals surface area contributed by atoms with Crippen LogP contribution in [0.15, 0.2) is 6.20 Å². The van der Waals surface area contributed by atoms with Gasteiger partial charge in [0.1, 0.15) is 0 Å². The summed E-state index contributed by atoms with van der Waals surface area (Å²) < 4.78 is 0. The summed E-state index contributed by atoms with van der Waals surface area (Å²) >= 11 is 0. The lowest BCUT2D eigenvalue weighted by molar-refractivity contribution is 0.411. The van der Waals surface area contributed by atoms with E-state index in [1.165, 1.54) is 30.5 Å². The van der Waals surface area contributed by atoms with E-state index in [0.29, 0.717) is 5.92 Å². The predicted molar refractivity (Wildman–Crippen MR) is 68.0 cm³/mol. The largest absolute Gasteiger partial charge is 0.341 e. The highest BCUT2D eigenvalue weighted by molar-refractivity contribution is 5.35. The zero-order valence-corrected chi connectivity index (χ0v) is 10.2.